The van der Waals surface area contributed by atoms with E-state index in [4.69, 9.17) is 5.11 Å². The summed E-state index contributed by atoms with van der Waals surface area (Å²) in [7, 11) is 0. The molecule has 0 saturated heterocycles. The lowest BCUT2D eigenvalue weighted by molar-refractivity contribution is -0.137. The lowest BCUT2D eigenvalue weighted by Crippen LogP contribution is -2.18. The Morgan fingerprint density at radius 1 is 1.26 bits per heavy atom. The highest BCUT2D eigenvalue weighted by Crippen LogP contribution is 2.32. The van der Waals surface area contributed by atoms with E-state index >= 15 is 0 Å². The average molecular weight is 326 g/mol. The monoisotopic (exact) mass is 326 g/mol. The first kappa shape index (κ1) is 19.8. The zero-order chi connectivity index (χ0) is 17.2. The van der Waals surface area contributed by atoms with Gasteiger partial charge in [-0.25, -0.2) is 0 Å². The molecule has 0 bridgehead atoms. The number of aliphatic hydroxyl groups is 2. The molecule has 0 amide bonds. The Morgan fingerprint density at radius 3 is 2.57 bits per heavy atom. The number of rotatable bonds is 11. The van der Waals surface area contributed by atoms with Gasteiger partial charge in [0.1, 0.15) is 5.78 Å². The Kier molecular flexibility index (Phi) is 9.10. The Labute approximate surface area is 138 Å². The van der Waals surface area contributed by atoms with Gasteiger partial charge in [0.2, 0.25) is 0 Å². The average Bonchev–Trinajstić information content (AvgIpc) is 2.76. The minimum absolute atomic E-state index is 0.116. The number of carbonyl (C=O) groups is 2. The molecule has 0 spiro atoms. The molecule has 132 valence electrons. The van der Waals surface area contributed by atoms with E-state index in [0.29, 0.717) is 12.8 Å². The predicted octanol–water partition coefficient (Wildman–Crippen LogP) is 2.69. The number of aliphatic hydroxyl groups excluding tert-OH is 2. The summed E-state index contributed by atoms with van der Waals surface area (Å²) in [6, 6.07) is 0. The number of carboxylic acid groups (broad SMARTS) is 1. The molecule has 1 rings (SSSR count). The number of Topliss-reactive ketones (excluding diaryl/α,β-unsaturated/α-hetero) is 1. The first-order valence-corrected chi connectivity index (χ1v) is 8.74. The maximum atomic E-state index is 11.7. The number of unbranched alkanes of at least 4 members (excludes halogenated alkanes) is 4. The number of carbonyl (C=O) groups excluding carboxylic acids is 1. The van der Waals surface area contributed by atoms with Gasteiger partial charge in [0.05, 0.1) is 12.2 Å². The molecular weight excluding hydrogens is 296 g/mol. The molecule has 4 atom stereocenters. The van der Waals surface area contributed by atoms with Crippen LogP contribution in [0.5, 0.6) is 0 Å². The molecule has 5 heteroatoms. The van der Waals surface area contributed by atoms with Crippen molar-refractivity contribution in [1.29, 1.82) is 0 Å². The molecule has 0 radical (unpaired) electrons. The molecule has 1 aliphatic carbocycles. The number of ketones is 1. The number of hydrogen-bond acceptors (Lipinski definition) is 4. The van der Waals surface area contributed by atoms with E-state index in [1.54, 1.807) is 12.2 Å². The summed E-state index contributed by atoms with van der Waals surface area (Å²) >= 11 is 0. The molecule has 0 aromatic rings. The molecule has 0 aliphatic heterocycles. The van der Waals surface area contributed by atoms with E-state index in [-0.39, 0.29) is 30.5 Å². The molecule has 5 nitrogen and oxygen atoms in total. The van der Waals surface area contributed by atoms with Crippen LogP contribution in [-0.2, 0) is 9.59 Å². The van der Waals surface area contributed by atoms with Gasteiger partial charge in [0, 0.05) is 24.7 Å². The Balaban J connectivity index is 2.19. The van der Waals surface area contributed by atoms with Crippen LogP contribution in [0.25, 0.3) is 0 Å². The van der Waals surface area contributed by atoms with E-state index in [1.165, 1.54) is 0 Å². The van der Waals surface area contributed by atoms with Gasteiger partial charge in [-0.15, -0.1) is 0 Å². The van der Waals surface area contributed by atoms with Crippen molar-refractivity contribution < 1.29 is 24.9 Å². The molecule has 1 saturated carbocycles. The summed E-state index contributed by atoms with van der Waals surface area (Å²) in [5, 5.41) is 28.4. The molecule has 0 unspecified atom stereocenters. The van der Waals surface area contributed by atoms with Crippen molar-refractivity contribution in [2.45, 2.75) is 76.9 Å². The summed E-state index contributed by atoms with van der Waals surface area (Å²) in [6.07, 6.45) is 8.65. The van der Waals surface area contributed by atoms with Gasteiger partial charge in [-0.05, 0) is 19.3 Å². The van der Waals surface area contributed by atoms with Crippen LogP contribution >= 0.6 is 0 Å². The molecule has 0 heterocycles. The van der Waals surface area contributed by atoms with E-state index < -0.39 is 18.2 Å². The fourth-order valence-electron chi connectivity index (χ4n) is 3.25. The first-order chi connectivity index (χ1) is 11.0. The first-order valence-electron chi connectivity index (χ1n) is 8.74. The summed E-state index contributed by atoms with van der Waals surface area (Å²) in [5.74, 6) is -0.921. The Morgan fingerprint density at radius 2 is 1.91 bits per heavy atom. The van der Waals surface area contributed by atoms with Crippen LogP contribution < -0.4 is 0 Å². The minimum Gasteiger partial charge on any atom is -0.481 e. The highest BCUT2D eigenvalue weighted by atomic mass is 16.4. The standard InChI is InChI=1S/C18H30O5/c1-2-14-15(17(21)12-16(14)20)11-10-13(19)8-6-4-3-5-7-9-18(22)23/h10-11,13-15,17,19,21H,2-9,12H2,1H3,(H,22,23)/b11-10+/t13-,14-,15+,17+/m0/s1. The normalized spacial score (nSPS) is 26.0. The molecule has 3 N–H and O–H groups in total. The fraction of sp³-hybridized carbons (Fsp3) is 0.778. The van der Waals surface area contributed by atoms with Crippen LogP contribution in [0, 0.1) is 11.8 Å². The number of aliphatic carboxylic acids is 1. The maximum Gasteiger partial charge on any atom is 0.303 e. The van der Waals surface area contributed by atoms with Crippen LogP contribution in [0.1, 0.15) is 64.7 Å². The van der Waals surface area contributed by atoms with Gasteiger partial charge in [-0.1, -0.05) is 44.8 Å². The van der Waals surface area contributed by atoms with Gasteiger partial charge < -0.3 is 15.3 Å². The van der Waals surface area contributed by atoms with Crippen molar-refractivity contribution in [3.63, 3.8) is 0 Å². The summed E-state index contributed by atoms with van der Waals surface area (Å²) in [4.78, 5) is 22.1. The van der Waals surface area contributed by atoms with Gasteiger partial charge in [0.15, 0.2) is 0 Å². The van der Waals surface area contributed by atoms with Crippen molar-refractivity contribution in [2.24, 2.45) is 11.8 Å². The van der Waals surface area contributed by atoms with E-state index in [9.17, 15) is 19.8 Å². The quantitative estimate of drug-likeness (QED) is 0.401. The van der Waals surface area contributed by atoms with Gasteiger partial charge in [-0.2, -0.15) is 0 Å². The highest BCUT2D eigenvalue weighted by Gasteiger charge is 2.38. The summed E-state index contributed by atoms with van der Waals surface area (Å²) in [5.41, 5.74) is 0. The lowest BCUT2D eigenvalue weighted by Gasteiger charge is -2.16. The van der Waals surface area contributed by atoms with E-state index in [2.05, 4.69) is 0 Å². The van der Waals surface area contributed by atoms with Crippen LogP contribution in [-0.4, -0.2) is 39.3 Å². The van der Waals surface area contributed by atoms with Crippen LogP contribution in [0.15, 0.2) is 12.2 Å². The third-order valence-corrected chi connectivity index (χ3v) is 4.62. The zero-order valence-electron chi connectivity index (χ0n) is 14.0. The SMILES string of the molecule is CC[C@@H]1C(=O)C[C@@H](O)[C@@H]1/C=C/[C@@H](O)CCCCCCCC(=O)O. The second kappa shape index (κ2) is 10.6. The third kappa shape index (κ3) is 7.27. The molecule has 0 aromatic carbocycles. The maximum absolute atomic E-state index is 11.7. The second-order valence-corrected chi connectivity index (χ2v) is 6.48. The van der Waals surface area contributed by atoms with E-state index in [0.717, 1.165) is 32.1 Å². The third-order valence-electron chi connectivity index (χ3n) is 4.62. The largest absolute Gasteiger partial charge is 0.481 e. The van der Waals surface area contributed by atoms with Crippen molar-refractivity contribution in [2.75, 3.05) is 0 Å². The van der Waals surface area contributed by atoms with Gasteiger partial charge in [0.25, 0.3) is 0 Å². The van der Waals surface area contributed by atoms with Crippen molar-refractivity contribution in [3.8, 4) is 0 Å². The van der Waals surface area contributed by atoms with Crippen molar-refractivity contribution >= 4 is 11.8 Å². The Hall–Kier alpha value is -1.20. The smallest absolute Gasteiger partial charge is 0.303 e. The lowest BCUT2D eigenvalue weighted by atomic mass is 9.91. The molecule has 1 fully saturated rings. The number of hydrogen-bond donors (Lipinski definition) is 3. The molecule has 23 heavy (non-hydrogen) atoms. The molecule has 1 aliphatic rings. The predicted molar refractivity (Wildman–Crippen MR) is 88.0 cm³/mol. The number of carboxylic acids is 1. The minimum atomic E-state index is -0.747. The van der Waals surface area contributed by atoms with Crippen LogP contribution in [0.2, 0.25) is 0 Å². The van der Waals surface area contributed by atoms with Crippen LogP contribution in [0.4, 0.5) is 0 Å². The molecule has 0 aromatic heterocycles. The fourth-order valence-corrected chi connectivity index (χ4v) is 3.25. The van der Waals surface area contributed by atoms with Crippen molar-refractivity contribution in [3.05, 3.63) is 12.2 Å². The second-order valence-electron chi connectivity index (χ2n) is 6.48. The topological polar surface area (TPSA) is 94.8 Å². The highest BCUT2D eigenvalue weighted by molar-refractivity contribution is 5.84. The summed E-state index contributed by atoms with van der Waals surface area (Å²) < 4.78 is 0. The summed E-state index contributed by atoms with van der Waals surface area (Å²) in [6.45, 7) is 1.95. The van der Waals surface area contributed by atoms with E-state index in [1.807, 2.05) is 6.92 Å². The van der Waals surface area contributed by atoms with Crippen molar-refractivity contribution in [1.82, 2.24) is 0 Å². The Bertz CT molecular complexity index is 404. The van der Waals surface area contributed by atoms with Crippen LogP contribution in [0.3, 0.4) is 0 Å². The zero-order valence-corrected chi connectivity index (χ0v) is 14.0. The van der Waals surface area contributed by atoms with Gasteiger partial charge >= 0.3 is 5.97 Å². The van der Waals surface area contributed by atoms with Gasteiger partial charge in [-0.3, -0.25) is 9.59 Å². The molecular formula is C18H30O5.